The van der Waals surface area contributed by atoms with E-state index in [4.69, 9.17) is 23.2 Å². The van der Waals surface area contributed by atoms with Crippen LogP contribution >= 0.6 is 23.2 Å². The van der Waals surface area contributed by atoms with Crippen LogP contribution in [0.4, 0.5) is 0 Å². The number of benzene rings is 1. The topological polar surface area (TPSA) is 29.9 Å². The van der Waals surface area contributed by atoms with Crippen LogP contribution in [0.15, 0.2) is 30.5 Å². The van der Waals surface area contributed by atoms with E-state index < -0.39 is 0 Å². The molecular weight excluding hydrogens is 293 g/mol. The van der Waals surface area contributed by atoms with Crippen molar-refractivity contribution in [2.75, 3.05) is 6.54 Å². The van der Waals surface area contributed by atoms with Gasteiger partial charge in [-0.15, -0.1) is 0 Å². The van der Waals surface area contributed by atoms with E-state index in [9.17, 15) is 0 Å². The Morgan fingerprint density at radius 1 is 1.25 bits per heavy atom. The first-order valence-corrected chi connectivity index (χ1v) is 7.61. The van der Waals surface area contributed by atoms with Gasteiger partial charge >= 0.3 is 0 Å². The molecule has 0 radical (unpaired) electrons. The molecular formula is C15H19Cl2N3. The fraction of sp³-hybridized carbons (Fsp3) is 0.400. The molecule has 0 spiro atoms. The minimum atomic E-state index is 0.676. The van der Waals surface area contributed by atoms with Crippen molar-refractivity contribution in [3.05, 3.63) is 51.8 Å². The second-order valence-electron chi connectivity index (χ2n) is 4.71. The lowest BCUT2D eigenvalue weighted by molar-refractivity contribution is 0.550. The van der Waals surface area contributed by atoms with E-state index in [2.05, 4.69) is 23.4 Å². The summed E-state index contributed by atoms with van der Waals surface area (Å²) in [7, 11) is 0. The second-order valence-corrected chi connectivity index (χ2v) is 5.55. The molecule has 0 saturated heterocycles. The molecule has 0 fully saturated rings. The molecule has 1 aromatic carbocycles. The lowest BCUT2D eigenvalue weighted by atomic mass is 10.1. The molecule has 0 saturated carbocycles. The zero-order valence-electron chi connectivity index (χ0n) is 11.6. The van der Waals surface area contributed by atoms with Crippen molar-refractivity contribution in [3.8, 4) is 0 Å². The number of hydrogen-bond donors (Lipinski definition) is 1. The van der Waals surface area contributed by atoms with Gasteiger partial charge in [-0.05, 0) is 43.1 Å². The Morgan fingerprint density at radius 3 is 2.85 bits per heavy atom. The van der Waals surface area contributed by atoms with E-state index in [0.717, 1.165) is 43.1 Å². The number of hydrogen-bond acceptors (Lipinski definition) is 2. The molecule has 5 heteroatoms. The summed E-state index contributed by atoms with van der Waals surface area (Å²) in [6.07, 6.45) is 3.83. The van der Waals surface area contributed by atoms with E-state index in [-0.39, 0.29) is 0 Å². The van der Waals surface area contributed by atoms with Crippen molar-refractivity contribution >= 4 is 23.2 Å². The van der Waals surface area contributed by atoms with E-state index >= 15 is 0 Å². The van der Waals surface area contributed by atoms with Crippen LogP contribution in [0.5, 0.6) is 0 Å². The molecule has 20 heavy (non-hydrogen) atoms. The molecule has 0 aliphatic rings. The molecule has 0 amide bonds. The fourth-order valence-electron chi connectivity index (χ4n) is 2.09. The maximum atomic E-state index is 6.15. The zero-order valence-corrected chi connectivity index (χ0v) is 13.1. The van der Waals surface area contributed by atoms with Crippen molar-refractivity contribution in [1.29, 1.82) is 0 Å². The molecule has 3 nitrogen and oxygen atoms in total. The van der Waals surface area contributed by atoms with Crippen LogP contribution in [-0.2, 0) is 19.5 Å². The van der Waals surface area contributed by atoms with Gasteiger partial charge in [0.05, 0.1) is 5.69 Å². The molecule has 0 aliphatic carbocycles. The number of nitrogens with one attached hydrogen (secondary N) is 1. The second kappa shape index (κ2) is 7.67. The smallest absolute Gasteiger partial charge is 0.0522 e. The highest BCUT2D eigenvalue weighted by atomic mass is 35.5. The van der Waals surface area contributed by atoms with Gasteiger partial charge < -0.3 is 5.32 Å². The van der Waals surface area contributed by atoms with E-state index in [1.165, 1.54) is 5.69 Å². The summed E-state index contributed by atoms with van der Waals surface area (Å²) in [5, 5.41) is 9.14. The van der Waals surface area contributed by atoms with Gasteiger partial charge in [-0.25, -0.2) is 0 Å². The van der Waals surface area contributed by atoms with E-state index in [0.29, 0.717) is 5.02 Å². The highest BCUT2D eigenvalue weighted by Crippen LogP contribution is 2.21. The van der Waals surface area contributed by atoms with Crippen molar-refractivity contribution in [2.45, 2.75) is 32.9 Å². The predicted octanol–water partition coefficient (Wildman–Crippen LogP) is 3.93. The van der Waals surface area contributed by atoms with E-state index in [1.807, 2.05) is 23.0 Å². The maximum absolute atomic E-state index is 6.15. The minimum absolute atomic E-state index is 0.676. The van der Waals surface area contributed by atoms with Gasteiger partial charge in [-0.2, -0.15) is 5.10 Å². The largest absolute Gasteiger partial charge is 0.311 e. The Kier molecular flexibility index (Phi) is 5.89. The third-order valence-electron chi connectivity index (χ3n) is 3.13. The number of rotatable bonds is 7. The van der Waals surface area contributed by atoms with Crippen LogP contribution in [0.25, 0.3) is 0 Å². The van der Waals surface area contributed by atoms with Crippen LogP contribution in [-0.4, -0.2) is 16.3 Å². The number of aryl methyl sites for hydroxylation is 1. The molecule has 2 aromatic rings. The van der Waals surface area contributed by atoms with Crippen molar-refractivity contribution in [2.24, 2.45) is 0 Å². The number of aromatic nitrogens is 2. The van der Waals surface area contributed by atoms with Gasteiger partial charge in [0.1, 0.15) is 0 Å². The first-order chi connectivity index (χ1) is 9.70. The van der Waals surface area contributed by atoms with Crippen LogP contribution in [0, 0.1) is 0 Å². The van der Waals surface area contributed by atoms with Gasteiger partial charge in [0.2, 0.25) is 0 Å². The van der Waals surface area contributed by atoms with E-state index in [1.54, 1.807) is 6.07 Å². The monoisotopic (exact) mass is 311 g/mol. The highest BCUT2D eigenvalue weighted by Gasteiger charge is 2.03. The molecule has 0 bridgehead atoms. The standard InChI is InChI=1S/C15H19Cl2N3/c1-2-9-20-14(6-8-19-20)11-18-7-5-12-3-4-13(16)10-15(12)17/h3-4,6,8,10,18H,2,5,7,9,11H2,1H3. The van der Waals surface area contributed by atoms with Gasteiger partial charge in [0.15, 0.2) is 0 Å². The summed E-state index contributed by atoms with van der Waals surface area (Å²) < 4.78 is 2.04. The summed E-state index contributed by atoms with van der Waals surface area (Å²) in [5.74, 6) is 0. The Balaban J connectivity index is 1.80. The van der Waals surface area contributed by atoms with Gasteiger partial charge in [0, 0.05) is 29.3 Å². The molecule has 0 unspecified atom stereocenters. The SMILES string of the molecule is CCCn1nccc1CNCCc1ccc(Cl)cc1Cl. The van der Waals surface area contributed by atoms with Crippen molar-refractivity contribution in [3.63, 3.8) is 0 Å². The molecule has 2 rings (SSSR count). The summed E-state index contributed by atoms with van der Waals surface area (Å²) in [6, 6.07) is 7.69. The molecule has 1 heterocycles. The molecule has 0 atom stereocenters. The van der Waals surface area contributed by atoms with Gasteiger partial charge in [-0.3, -0.25) is 4.68 Å². The molecule has 0 aliphatic heterocycles. The first kappa shape index (κ1) is 15.4. The van der Waals surface area contributed by atoms with Gasteiger partial charge in [0.25, 0.3) is 0 Å². The van der Waals surface area contributed by atoms with Crippen LogP contribution in [0.2, 0.25) is 10.0 Å². The molecule has 108 valence electrons. The van der Waals surface area contributed by atoms with Crippen molar-refractivity contribution in [1.82, 2.24) is 15.1 Å². The number of halogens is 2. The third-order valence-corrected chi connectivity index (χ3v) is 3.72. The Morgan fingerprint density at radius 2 is 2.10 bits per heavy atom. The zero-order chi connectivity index (χ0) is 14.4. The Hall–Kier alpha value is -1.03. The molecule has 1 N–H and O–H groups in total. The lowest BCUT2D eigenvalue weighted by Gasteiger charge is -2.08. The molecule has 1 aromatic heterocycles. The summed E-state index contributed by atoms with van der Waals surface area (Å²) in [4.78, 5) is 0. The predicted molar refractivity (Wildman–Crippen MR) is 84.4 cm³/mol. The normalized spacial score (nSPS) is 10.9. The first-order valence-electron chi connectivity index (χ1n) is 6.86. The summed E-state index contributed by atoms with van der Waals surface area (Å²) >= 11 is 12.0. The number of nitrogens with zero attached hydrogens (tertiary/aromatic N) is 2. The van der Waals surface area contributed by atoms with Crippen LogP contribution in [0.3, 0.4) is 0 Å². The Bertz CT molecular complexity index is 552. The highest BCUT2D eigenvalue weighted by molar-refractivity contribution is 6.35. The average Bonchev–Trinajstić information content (AvgIpc) is 2.85. The van der Waals surface area contributed by atoms with Crippen molar-refractivity contribution < 1.29 is 0 Å². The van der Waals surface area contributed by atoms with Gasteiger partial charge in [-0.1, -0.05) is 36.2 Å². The Labute approximate surface area is 129 Å². The minimum Gasteiger partial charge on any atom is -0.311 e. The third kappa shape index (κ3) is 4.23. The summed E-state index contributed by atoms with van der Waals surface area (Å²) in [6.45, 7) is 4.82. The average molecular weight is 312 g/mol. The summed E-state index contributed by atoms with van der Waals surface area (Å²) in [5.41, 5.74) is 2.33. The van der Waals surface area contributed by atoms with Crippen LogP contribution < -0.4 is 5.32 Å². The van der Waals surface area contributed by atoms with Crippen LogP contribution in [0.1, 0.15) is 24.6 Å². The quantitative estimate of drug-likeness (QED) is 0.785. The maximum Gasteiger partial charge on any atom is 0.0522 e. The lowest BCUT2D eigenvalue weighted by Crippen LogP contribution is -2.19. The fourth-order valence-corrected chi connectivity index (χ4v) is 2.59.